The van der Waals surface area contributed by atoms with Crippen LogP contribution in [0.3, 0.4) is 0 Å². The van der Waals surface area contributed by atoms with Gasteiger partial charge in [-0.25, -0.2) is 0 Å². The first-order valence-electron chi connectivity index (χ1n) is 7.08. The molecule has 2 aliphatic rings. The van der Waals surface area contributed by atoms with E-state index in [0.29, 0.717) is 0 Å². The largest absolute Gasteiger partial charge is 0.380 e. The molecule has 0 aromatic carbocycles. The van der Waals surface area contributed by atoms with Gasteiger partial charge in [0.1, 0.15) is 0 Å². The maximum absolute atomic E-state index is 5.66. The third-order valence-electron chi connectivity index (χ3n) is 4.22. The molecule has 0 saturated heterocycles. The minimum absolute atomic E-state index is 0.721. The van der Waals surface area contributed by atoms with Crippen molar-refractivity contribution in [1.29, 1.82) is 0 Å². The van der Waals surface area contributed by atoms with Crippen molar-refractivity contribution in [2.24, 2.45) is 17.8 Å². The summed E-state index contributed by atoms with van der Waals surface area (Å²) in [6.07, 6.45) is 6.99. The van der Waals surface area contributed by atoms with E-state index >= 15 is 0 Å². The van der Waals surface area contributed by atoms with Crippen molar-refractivity contribution in [3.8, 4) is 0 Å². The van der Waals surface area contributed by atoms with Gasteiger partial charge in [0.15, 0.2) is 0 Å². The molecule has 2 heteroatoms. The molecule has 94 valence electrons. The summed E-state index contributed by atoms with van der Waals surface area (Å²) in [5, 5.41) is 3.69. The highest BCUT2D eigenvalue weighted by molar-refractivity contribution is 4.83. The SMILES string of the molecule is CC1CCCC(C)C1NCCOCC1CC1. The smallest absolute Gasteiger partial charge is 0.0591 e. The first-order valence-corrected chi connectivity index (χ1v) is 7.08. The van der Waals surface area contributed by atoms with Crippen LogP contribution in [0.4, 0.5) is 0 Å². The molecule has 0 spiro atoms. The lowest BCUT2D eigenvalue weighted by Crippen LogP contribution is -2.44. The van der Waals surface area contributed by atoms with Crippen molar-refractivity contribution >= 4 is 0 Å². The molecule has 2 nitrogen and oxygen atoms in total. The molecule has 0 aromatic heterocycles. The van der Waals surface area contributed by atoms with Crippen LogP contribution in [0.2, 0.25) is 0 Å². The molecule has 0 aliphatic heterocycles. The van der Waals surface area contributed by atoms with Crippen LogP contribution < -0.4 is 5.32 Å². The van der Waals surface area contributed by atoms with Gasteiger partial charge in [0.05, 0.1) is 6.61 Å². The standard InChI is InChI=1S/C14H27NO/c1-11-4-3-5-12(2)14(11)15-8-9-16-10-13-6-7-13/h11-15H,3-10H2,1-2H3. The highest BCUT2D eigenvalue weighted by Gasteiger charge is 2.27. The molecule has 2 fully saturated rings. The Kier molecular flexibility index (Phi) is 4.66. The van der Waals surface area contributed by atoms with Crippen LogP contribution >= 0.6 is 0 Å². The predicted molar refractivity (Wildman–Crippen MR) is 67.5 cm³/mol. The van der Waals surface area contributed by atoms with Gasteiger partial charge in [-0.2, -0.15) is 0 Å². The van der Waals surface area contributed by atoms with Crippen molar-refractivity contribution in [3.05, 3.63) is 0 Å². The molecule has 1 N–H and O–H groups in total. The predicted octanol–water partition coefficient (Wildman–Crippen LogP) is 2.83. The Hall–Kier alpha value is -0.0800. The quantitative estimate of drug-likeness (QED) is 0.702. The van der Waals surface area contributed by atoms with E-state index in [0.717, 1.165) is 43.6 Å². The Morgan fingerprint density at radius 3 is 2.38 bits per heavy atom. The van der Waals surface area contributed by atoms with Crippen molar-refractivity contribution in [2.75, 3.05) is 19.8 Å². The summed E-state index contributed by atoms with van der Waals surface area (Å²) in [5.41, 5.74) is 0. The Morgan fingerprint density at radius 1 is 1.06 bits per heavy atom. The molecule has 16 heavy (non-hydrogen) atoms. The summed E-state index contributed by atoms with van der Waals surface area (Å²) in [7, 11) is 0. The molecule has 2 atom stereocenters. The van der Waals surface area contributed by atoms with E-state index in [2.05, 4.69) is 19.2 Å². The topological polar surface area (TPSA) is 21.3 Å². The first-order chi connectivity index (χ1) is 7.77. The van der Waals surface area contributed by atoms with Gasteiger partial charge in [0.2, 0.25) is 0 Å². The summed E-state index contributed by atoms with van der Waals surface area (Å²) < 4.78 is 5.66. The van der Waals surface area contributed by atoms with Crippen molar-refractivity contribution in [3.63, 3.8) is 0 Å². The average Bonchev–Trinajstić information content (AvgIpc) is 3.05. The maximum atomic E-state index is 5.66. The Morgan fingerprint density at radius 2 is 1.75 bits per heavy atom. The van der Waals surface area contributed by atoms with E-state index in [1.54, 1.807) is 0 Å². The Bertz CT molecular complexity index is 193. The first kappa shape index (κ1) is 12.4. The van der Waals surface area contributed by atoms with Crippen LogP contribution in [0.15, 0.2) is 0 Å². The number of hydrogen-bond donors (Lipinski definition) is 1. The van der Waals surface area contributed by atoms with E-state index in [9.17, 15) is 0 Å². The van der Waals surface area contributed by atoms with Crippen LogP contribution in [0.5, 0.6) is 0 Å². The minimum atomic E-state index is 0.721. The highest BCUT2D eigenvalue weighted by atomic mass is 16.5. The summed E-state index contributed by atoms with van der Waals surface area (Å²) in [5.74, 6) is 2.58. The van der Waals surface area contributed by atoms with Gasteiger partial charge >= 0.3 is 0 Å². The molecule has 2 saturated carbocycles. The van der Waals surface area contributed by atoms with Crippen LogP contribution in [0.1, 0.15) is 46.0 Å². The lowest BCUT2D eigenvalue weighted by Gasteiger charge is -2.35. The van der Waals surface area contributed by atoms with Crippen molar-refractivity contribution in [2.45, 2.75) is 52.0 Å². The van der Waals surface area contributed by atoms with Crippen LogP contribution in [0.25, 0.3) is 0 Å². The molecule has 0 heterocycles. The second-order valence-corrected chi connectivity index (χ2v) is 5.88. The number of hydrogen-bond acceptors (Lipinski definition) is 2. The number of nitrogens with one attached hydrogen (secondary N) is 1. The zero-order chi connectivity index (χ0) is 11.4. The van der Waals surface area contributed by atoms with Crippen LogP contribution in [-0.4, -0.2) is 25.8 Å². The van der Waals surface area contributed by atoms with Gasteiger partial charge in [-0.05, 0) is 43.4 Å². The van der Waals surface area contributed by atoms with Crippen molar-refractivity contribution < 1.29 is 4.74 Å². The molecular weight excluding hydrogens is 198 g/mol. The van der Waals surface area contributed by atoms with Gasteiger partial charge in [0.25, 0.3) is 0 Å². The van der Waals surface area contributed by atoms with E-state index in [4.69, 9.17) is 4.74 Å². The number of rotatable bonds is 6. The third kappa shape index (κ3) is 3.74. The second kappa shape index (κ2) is 6.02. The fraction of sp³-hybridized carbons (Fsp3) is 1.00. The molecule has 0 radical (unpaired) electrons. The molecule has 0 amide bonds. The van der Waals surface area contributed by atoms with Crippen LogP contribution in [-0.2, 0) is 4.74 Å². The molecule has 2 aliphatic carbocycles. The van der Waals surface area contributed by atoms with Gasteiger partial charge < -0.3 is 10.1 Å². The van der Waals surface area contributed by atoms with Gasteiger partial charge in [-0.3, -0.25) is 0 Å². The van der Waals surface area contributed by atoms with Crippen molar-refractivity contribution in [1.82, 2.24) is 5.32 Å². The lowest BCUT2D eigenvalue weighted by atomic mass is 9.79. The monoisotopic (exact) mass is 225 g/mol. The third-order valence-corrected chi connectivity index (χ3v) is 4.22. The lowest BCUT2D eigenvalue weighted by molar-refractivity contribution is 0.114. The van der Waals surface area contributed by atoms with E-state index in [-0.39, 0.29) is 0 Å². The number of ether oxygens (including phenoxy) is 1. The molecule has 0 aromatic rings. The Balaban J connectivity index is 1.55. The Labute approximate surface area is 100 Å². The summed E-state index contributed by atoms with van der Waals surface area (Å²) in [6, 6.07) is 0.721. The molecule has 2 unspecified atom stereocenters. The van der Waals surface area contributed by atoms with Gasteiger partial charge in [-0.1, -0.05) is 20.3 Å². The van der Waals surface area contributed by atoms with E-state index in [1.807, 2.05) is 0 Å². The molecule has 0 bridgehead atoms. The zero-order valence-electron chi connectivity index (χ0n) is 10.9. The zero-order valence-corrected chi connectivity index (χ0v) is 10.9. The molecular formula is C14H27NO. The average molecular weight is 225 g/mol. The van der Waals surface area contributed by atoms with E-state index < -0.39 is 0 Å². The minimum Gasteiger partial charge on any atom is -0.380 e. The maximum Gasteiger partial charge on any atom is 0.0591 e. The normalized spacial score (nSPS) is 35.2. The second-order valence-electron chi connectivity index (χ2n) is 5.88. The summed E-state index contributed by atoms with van der Waals surface area (Å²) in [6.45, 7) is 7.70. The summed E-state index contributed by atoms with van der Waals surface area (Å²) >= 11 is 0. The highest BCUT2D eigenvalue weighted by Crippen LogP contribution is 2.29. The fourth-order valence-corrected chi connectivity index (χ4v) is 2.92. The van der Waals surface area contributed by atoms with Gasteiger partial charge in [-0.15, -0.1) is 0 Å². The van der Waals surface area contributed by atoms with Gasteiger partial charge in [0, 0.05) is 19.2 Å². The van der Waals surface area contributed by atoms with Crippen LogP contribution in [0, 0.1) is 17.8 Å². The van der Waals surface area contributed by atoms with E-state index in [1.165, 1.54) is 32.1 Å². The fourth-order valence-electron chi connectivity index (χ4n) is 2.92. The molecule has 2 rings (SSSR count). The summed E-state index contributed by atoms with van der Waals surface area (Å²) in [4.78, 5) is 0.